The molecule has 108 valence electrons. The van der Waals surface area contributed by atoms with Gasteiger partial charge in [0.15, 0.2) is 0 Å². The molecular formula is C16H19Br2NS. The number of nitrogens with one attached hydrogen (secondary N) is 1. The standard InChI is InChI=1S/C16H19Br2NS/c1-3-6-19-16(9-14-8-13(18)10-20-14)15-5-4-12(17)7-11(15)2/h4-5,7-8,10,16,19H,3,6,9H2,1-2H3. The summed E-state index contributed by atoms with van der Waals surface area (Å²) in [5, 5.41) is 5.83. The second kappa shape index (κ2) is 7.74. The molecule has 0 aliphatic rings. The Morgan fingerprint density at radius 1 is 1.20 bits per heavy atom. The Balaban J connectivity index is 2.22. The molecule has 2 rings (SSSR count). The van der Waals surface area contributed by atoms with Crippen molar-refractivity contribution in [1.29, 1.82) is 0 Å². The summed E-state index contributed by atoms with van der Waals surface area (Å²) < 4.78 is 2.33. The fourth-order valence-electron chi connectivity index (χ4n) is 2.30. The number of benzene rings is 1. The molecule has 1 aromatic heterocycles. The van der Waals surface area contributed by atoms with Crippen LogP contribution in [-0.2, 0) is 6.42 Å². The first-order valence-electron chi connectivity index (χ1n) is 6.82. The molecule has 0 spiro atoms. The Hall–Kier alpha value is -0.160. The van der Waals surface area contributed by atoms with Crippen molar-refractivity contribution < 1.29 is 0 Å². The van der Waals surface area contributed by atoms with Crippen LogP contribution in [0, 0.1) is 6.92 Å². The van der Waals surface area contributed by atoms with Crippen molar-refractivity contribution >= 4 is 43.2 Å². The summed E-state index contributed by atoms with van der Waals surface area (Å²) >= 11 is 8.90. The lowest BCUT2D eigenvalue weighted by Crippen LogP contribution is -2.24. The Kier molecular flexibility index (Phi) is 6.27. The van der Waals surface area contributed by atoms with E-state index in [0.717, 1.165) is 23.9 Å². The number of hydrogen-bond donors (Lipinski definition) is 1. The molecule has 1 unspecified atom stereocenters. The molecule has 2 aromatic rings. The summed E-state index contributed by atoms with van der Waals surface area (Å²) in [5.74, 6) is 0. The SMILES string of the molecule is CCCNC(Cc1cc(Br)cs1)c1ccc(Br)cc1C. The monoisotopic (exact) mass is 415 g/mol. The van der Waals surface area contributed by atoms with E-state index in [1.807, 2.05) is 11.3 Å². The fraction of sp³-hybridized carbons (Fsp3) is 0.375. The van der Waals surface area contributed by atoms with Gasteiger partial charge in [0.05, 0.1) is 0 Å². The van der Waals surface area contributed by atoms with Gasteiger partial charge < -0.3 is 5.32 Å². The maximum Gasteiger partial charge on any atom is 0.0371 e. The van der Waals surface area contributed by atoms with Crippen molar-refractivity contribution in [3.8, 4) is 0 Å². The van der Waals surface area contributed by atoms with Gasteiger partial charge in [-0.2, -0.15) is 0 Å². The molecule has 0 aliphatic heterocycles. The van der Waals surface area contributed by atoms with E-state index in [1.54, 1.807) is 0 Å². The average Bonchev–Trinajstić information content (AvgIpc) is 2.80. The molecule has 1 atom stereocenters. The zero-order valence-electron chi connectivity index (χ0n) is 11.7. The van der Waals surface area contributed by atoms with Gasteiger partial charge in [-0.05, 0) is 65.1 Å². The second-order valence-corrected chi connectivity index (χ2v) is 7.77. The van der Waals surface area contributed by atoms with E-state index in [0.29, 0.717) is 6.04 Å². The van der Waals surface area contributed by atoms with Crippen LogP contribution in [-0.4, -0.2) is 6.54 Å². The summed E-state index contributed by atoms with van der Waals surface area (Å²) in [6.07, 6.45) is 2.19. The van der Waals surface area contributed by atoms with Crippen molar-refractivity contribution in [2.45, 2.75) is 32.7 Å². The predicted octanol–water partition coefficient (Wildman–Crippen LogP) is 5.86. The van der Waals surface area contributed by atoms with Crippen LogP contribution >= 0.6 is 43.2 Å². The van der Waals surface area contributed by atoms with Gasteiger partial charge in [0.25, 0.3) is 0 Å². The zero-order chi connectivity index (χ0) is 14.5. The number of aryl methyl sites for hydroxylation is 1. The minimum atomic E-state index is 0.383. The molecule has 1 aromatic carbocycles. The number of rotatable bonds is 6. The molecule has 4 heteroatoms. The van der Waals surface area contributed by atoms with E-state index in [2.05, 4.69) is 80.7 Å². The lowest BCUT2D eigenvalue weighted by Gasteiger charge is -2.20. The summed E-state index contributed by atoms with van der Waals surface area (Å²) in [6.45, 7) is 5.44. The van der Waals surface area contributed by atoms with Crippen molar-refractivity contribution in [1.82, 2.24) is 5.32 Å². The van der Waals surface area contributed by atoms with Gasteiger partial charge in [-0.15, -0.1) is 11.3 Å². The van der Waals surface area contributed by atoms with Gasteiger partial charge in [0.1, 0.15) is 0 Å². The topological polar surface area (TPSA) is 12.0 Å². The maximum atomic E-state index is 3.68. The Labute approximate surface area is 142 Å². The van der Waals surface area contributed by atoms with Gasteiger partial charge >= 0.3 is 0 Å². The van der Waals surface area contributed by atoms with Gasteiger partial charge in [0.2, 0.25) is 0 Å². The van der Waals surface area contributed by atoms with Crippen molar-refractivity contribution in [3.63, 3.8) is 0 Å². The molecule has 0 fully saturated rings. The van der Waals surface area contributed by atoms with Gasteiger partial charge in [-0.25, -0.2) is 0 Å². The van der Waals surface area contributed by atoms with Crippen LogP contribution in [0.2, 0.25) is 0 Å². The first kappa shape index (κ1) is 16.2. The molecule has 1 N–H and O–H groups in total. The van der Waals surface area contributed by atoms with Gasteiger partial charge in [-0.3, -0.25) is 0 Å². The Morgan fingerprint density at radius 3 is 2.60 bits per heavy atom. The maximum absolute atomic E-state index is 3.68. The van der Waals surface area contributed by atoms with Crippen LogP contribution in [0.5, 0.6) is 0 Å². The highest BCUT2D eigenvalue weighted by Crippen LogP contribution is 2.28. The summed E-state index contributed by atoms with van der Waals surface area (Å²) in [6, 6.07) is 9.16. The first-order valence-corrected chi connectivity index (χ1v) is 9.29. The van der Waals surface area contributed by atoms with Crippen molar-refractivity contribution in [2.24, 2.45) is 0 Å². The van der Waals surface area contributed by atoms with Crippen LogP contribution < -0.4 is 5.32 Å². The molecule has 0 saturated heterocycles. The van der Waals surface area contributed by atoms with Crippen molar-refractivity contribution in [3.05, 3.63) is 54.6 Å². The highest BCUT2D eigenvalue weighted by molar-refractivity contribution is 9.10. The van der Waals surface area contributed by atoms with Crippen LogP contribution in [0.15, 0.2) is 38.6 Å². The molecule has 0 radical (unpaired) electrons. The minimum absolute atomic E-state index is 0.383. The van der Waals surface area contributed by atoms with Crippen molar-refractivity contribution in [2.75, 3.05) is 6.54 Å². The van der Waals surface area contributed by atoms with E-state index < -0.39 is 0 Å². The normalized spacial score (nSPS) is 12.6. The highest BCUT2D eigenvalue weighted by Gasteiger charge is 2.15. The molecule has 1 nitrogen and oxygen atoms in total. The molecule has 20 heavy (non-hydrogen) atoms. The first-order chi connectivity index (χ1) is 9.60. The van der Waals surface area contributed by atoms with E-state index in [1.165, 1.54) is 20.5 Å². The third-order valence-electron chi connectivity index (χ3n) is 3.28. The average molecular weight is 417 g/mol. The summed E-state index contributed by atoms with van der Waals surface area (Å²) in [5.41, 5.74) is 2.73. The molecule has 1 heterocycles. The van der Waals surface area contributed by atoms with Crippen LogP contribution in [0.25, 0.3) is 0 Å². The number of thiophene rings is 1. The zero-order valence-corrected chi connectivity index (χ0v) is 15.7. The smallest absolute Gasteiger partial charge is 0.0371 e. The summed E-state index contributed by atoms with van der Waals surface area (Å²) in [4.78, 5) is 1.41. The molecule has 0 saturated carbocycles. The van der Waals surface area contributed by atoms with E-state index in [9.17, 15) is 0 Å². The molecule has 0 bridgehead atoms. The molecule has 0 amide bonds. The largest absolute Gasteiger partial charge is 0.310 e. The lowest BCUT2D eigenvalue weighted by atomic mass is 9.98. The Bertz CT molecular complexity index is 565. The minimum Gasteiger partial charge on any atom is -0.310 e. The molecule has 0 aliphatic carbocycles. The highest BCUT2D eigenvalue weighted by atomic mass is 79.9. The summed E-state index contributed by atoms with van der Waals surface area (Å²) in [7, 11) is 0. The van der Waals surface area contributed by atoms with Gasteiger partial charge in [0, 0.05) is 31.7 Å². The van der Waals surface area contributed by atoms with Crippen LogP contribution in [0.1, 0.15) is 35.4 Å². The van der Waals surface area contributed by atoms with E-state index in [4.69, 9.17) is 0 Å². The lowest BCUT2D eigenvalue weighted by molar-refractivity contribution is 0.530. The molecular weight excluding hydrogens is 398 g/mol. The third kappa shape index (κ3) is 4.42. The predicted molar refractivity (Wildman–Crippen MR) is 95.6 cm³/mol. The second-order valence-electron chi connectivity index (χ2n) is 4.94. The Morgan fingerprint density at radius 2 is 2.00 bits per heavy atom. The van der Waals surface area contributed by atoms with Crippen LogP contribution in [0.3, 0.4) is 0 Å². The third-order valence-corrected chi connectivity index (χ3v) is 5.49. The van der Waals surface area contributed by atoms with Crippen LogP contribution in [0.4, 0.5) is 0 Å². The fourth-order valence-corrected chi connectivity index (χ4v) is 4.28. The van der Waals surface area contributed by atoms with E-state index in [-0.39, 0.29) is 0 Å². The quantitative estimate of drug-likeness (QED) is 0.621. The number of halogens is 2. The van der Waals surface area contributed by atoms with E-state index >= 15 is 0 Å². The number of hydrogen-bond acceptors (Lipinski definition) is 2. The van der Waals surface area contributed by atoms with Gasteiger partial charge in [-0.1, -0.05) is 28.9 Å².